The highest BCUT2D eigenvalue weighted by Gasteiger charge is 2.20. The summed E-state index contributed by atoms with van der Waals surface area (Å²) in [6.07, 6.45) is 0. The van der Waals surface area contributed by atoms with Crippen LogP contribution in [0.3, 0.4) is 0 Å². The van der Waals surface area contributed by atoms with E-state index in [2.05, 4.69) is 40.4 Å². The standard InChI is InChI=1S/C23H20N6OS2/c1-13-8-7-11-18(14(13)2)29-23(26-27-28-29)32-15(3)20-24-21(30)19-17(12-31-22(19)25-20)16-9-5-4-6-10-16/h4-12,15H,1-3H3,(H,24,25,30). The smallest absolute Gasteiger partial charge is 0.260 e. The molecular weight excluding hydrogens is 440 g/mol. The largest absolute Gasteiger partial charge is 0.309 e. The van der Waals surface area contributed by atoms with E-state index in [9.17, 15) is 4.79 Å². The van der Waals surface area contributed by atoms with E-state index in [1.165, 1.54) is 28.7 Å². The molecule has 3 aromatic heterocycles. The number of tetrazole rings is 1. The molecule has 7 nitrogen and oxygen atoms in total. The number of fused-ring (bicyclic) bond motifs is 1. The maximum Gasteiger partial charge on any atom is 0.260 e. The minimum Gasteiger partial charge on any atom is -0.309 e. The molecule has 5 rings (SSSR count). The molecule has 2 aromatic carbocycles. The van der Waals surface area contributed by atoms with Gasteiger partial charge in [-0.2, -0.15) is 4.68 Å². The maximum atomic E-state index is 13.0. The Hall–Kier alpha value is -3.30. The number of hydrogen-bond donors (Lipinski definition) is 1. The molecule has 1 unspecified atom stereocenters. The molecule has 1 atom stereocenters. The van der Waals surface area contributed by atoms with Gasteiger partial charge >= 0.3 is 0 Å². The van der Waals surface area contributed by atoms with Crippen molar-refractivity contribution in [2.75, 3.05) is 0 Å². The monoisotopic (exact) mass is 460 g/mol. The number of aromatic amines is 1. The van der Waals surface area contributed by atoms with Crippen LogP contribution in [0.2, 0.25) is 0 Å². The Labute approximate surface area is 192 Å². The first-order valence-corrected chi connectivity index (χ1v) is 11.9. The first-order valence-electron chi connectivity index (χ1n) is 10.1. The second-order valence-electron chi connectivity index (χ2n) is 7.50. The summed E-state index contributed by atoms with van der Waals surface area (Å²) in [5, 5.41) is 15.4. The van der Waals surface area contributed by atoms with Gasteiger partial charge in [-0.15, -0.1) is 16.4 Å². The molecule has 0 fully saturated rings. The van der Waals surface area contributed by atoms with Gasteiger partial charge in [-0.05, 0) is 54.0 Å². The summed E-state index contributed by atoms with van der Waals surface area (Å²) in [7, 11) is 0. The molecule has 3 heterocycles. The van der Waals surface area contributed by atoms with Crippen molar-refractivity contribution in [1.82, 2.24) is 30.2 Å². The van der Waals surface area contributed by atoms with Crippen molar-refractivity contribution in [3.63, 3.8) is 0 Å². The van der Waals surface area contributed by atoms with E-state index < -0.39 is 0 Å². The van der Waals surface area contributed by atoms with Crippen molar-refractivity contribution in [3.8, 4) is 16.8 Å². The molecule has 0 aliphatic heterocycles. The lowest BCUT2D eigenvalue weighted by Crippen LogP contribution is -2.12. The number of aromatic nitrogens is 6. The lowest BCUT2D eigenvalue weighted by Gasteiger charge is -2.12. The maximum absolute atomic E-state index is 13.0. The molecule has 0 aliphatic carbocycles. The summed E-state index contributed by atoms with van der Waals surface area (Å²) in [5.74, 6) is 0.601. The van der Waals surface area contributed by atoms with E-state index >= 15 is 0 Å². The number of rotatable bonds is 5. The topological polar surface area (TPSA) is 89.3 Å². The number of benzene rings is 2. The van der Waals surface area contributed by atoms with E-state index in [4.69, 9.17) is 4.98 Å². The van der Waals surface area contributed by atoms with E-state index in [0.29, 0.717) is 16.4 Å². The second kappa shape index (κ2) is 8.33. The molecule has 0 spiro atoms. The van der Waals surface area contributed by atoms with Crippen molar-refractivity contribution >= 4 is 33.3 Å². The van der Waals surface area contributed by atoms with Crippen molar-refractivity contribution in [3.05, 3.63) is 81.2 Å². The van der Waals surface area contributed by atoms with E-state index in [-0.39, 0.29) is 10.8 Å². The number of nitrogens with one attached hydrogen (secondary N) is 1. The SMILES string of the molecule is Cc1cccc(-n2nnnc2SC(C)c2nc3scc(-c4ccccc4)c3c(=O)[nH]2)c1C. The van der Waals surface area contributed by atoms with Gasteiger partial charge in [0.1, 0.15) is 10.7 Å². The predicted molar refractivity (Wildman–Crippen MR) is 129 cm³/mol. The Morgan fingerprint density at radius 1 is 1.09 bits per heavy atom. The lowest BCUT2D eigenvalue weighted by atomic mass is 10.1. The van der Waals surface area contributed by atoms with Crippen LogP contribution in [0.5, 0.6) is 0 Å². The number of thiophene rings is 1. The lowest BCUT2D eigenvalue weighted by molar-refractivity contribution is 0.748. The molecule has 0 aliphatic rings. The van der Waals surface area contributed by atoms with Crippen LogP contribution < -0.4 is 5.56 Å². The summed E-state index contributed by atoms with van der Waals surface area (Å²) in [4.78, 5) is 21.5. The normalized spacial score (nSPS) is 12.3. The van der Waals surface area contributed by atoms with Gasteiger partial charge in [0.2, 0.25) is 5.16 Å². The quantitative estimate of drug-likeness (QED) is 0.367. The highest BCUT2D eigenvalue weighted by Crippen LogP contribution is 2.35. The Morgan fingerprint density at radius 3 is 2.72 bits per heavy atom. The van der Waals surface area contributed by atoms with Crippen molar-refractivity contribution in [2.45, 2.75) is 31.2 Å². The van der Waals surface area contributed by atoms with Crippen LogP contribution >= 0.6 is 23.1 Å². The van der Waals surface area contributed by atoms with E-state index in [1.807, 2.05) is 54.8 Å². The number of aryl methyl sites for hydroxylation is 1. The van der Waals surface area contributed by atoms with Gasteiger partial charge in [0, 0.05) is 10.9 Å². The zero-order valence-corrected chi connectivity index (χ0v) is 19.4. The second-order valence-corrected chi connectivity index (χ2v) is 9.67. The van der Waals surface area contributed by atoms with Crippen LogP contribution in [-0.2, 0) is 0 Å². The average molecular weight is 461 g/mol. The van der Waals surface area contributed by atoms with Crippen molar-refractivity contribution < 1.29 is 0 Å². The first-order chi connectivity index (χ1) is 15.5. The molecule has 0 bridgehead atoms. The molecule has 1 N–H and O–H groups in total. The molecule has 5 aromatic rings. The highest BCUT2D eigenvalue weighted by molar-refractivity contribution is 7.99. The fraction of sp³-hybridized carbons (Fsp3) is 0.174. The summed E-state index contributed by atoms with van der Waals surface area (Å²) < 4.78 is 1.73. The van der Waals surface area contributed by atoms with Crippen molar-refractivity contribution in [1.29, 1.82) is 0 Å². The molecule has 32 heavy (non-hydrogen) atoms. The van der Waals surface area contributed by atoms with Gasteiger partial charge in [0.15, 0.2) is 0 Å². The fourth-order valence-corrected chi connectivity index (χ4v) is 5.38. The number of nitrogens with zero attached hydrogens (tertiary/aromatic N) is 5. The Bertz CT molecular complexity index is 1470. The summed E-state index contributed by atoms with van der Waals surface area (Å²) >= 11 is 2.94. The van der Waals surface area contributed by atoms with Gasteiger partial charge in [-0.25, -0.2) is 4.98 Å². The van der Waals surface area contributed by atoms with Gasteiger partial charge in [-0.1, -0.05) is 54.2 Å². The predicted octanol–water partition coefficient (Wildman–Crippen LogP) is 5.10. The zero-order chi connectivity index (χ0) is 22.2. The number of thioether (sulfide) groups is 1. The van der Waals surface area contributed by atoms with E-state index in [0.717, 1.165) is 27.2 Å². The van der Waals surface area contributed by atoms with Gasteiger partial charge in [0.05, 0.1) is 16.3 Å². The first kappa shape index (κ1) is 20.6. The Morgan fingerprint density at radius 2 is 1.91 bits per heavy atom. The fourth-order valence-electron chi connectivity index (χ4n) is 3.57. The zero-order valence-electron chi connectivity index (χ0n) is 17.7. The summed E-state index contributed by atoms with van der Waals surface area (Å²) in [6.45, 7) is 6.11. The van der Waals surface area contributed by atoms with Crippen LogP contribution in [0.4, 0.5) is 0 Å². The third-order valence-corrected chi connectivity index (χ3v) is 7.37. The summed E-state index contributed by atoms with van der Waals surface area (Å²) in [6, 6.07) is 15.9. The molecule has 0 radical (unpaired) electrons. The summed E-state index contributed by atoms with van der Waals surface area (Å²) in [5.41, 5.74) is 5.01. The van der Waals surface area contributed by atoms with Crippen LogP contribution in [0.15, 0.2) is 63.9 Å². The van der Waals surface area contributed by atoms with Crippen LogP contribution in [0, 0.1) is 13.8 Å². The van der Waals surface area contributed by atoms with Gasteiger partial charge < -0.3 is 4.98 Å². The molecule has 0 saturated carbocycles. The average Bonchev–Trinajstić information content (AvgIpc) is 3.43. The minimum atomic E-state index is -0.149. The minimum absolute atomic E-state index is 0.133. The number of hydrogen-bond acceptors (Lipinski definition) is 7. The third kappa shape index (κ3) is 3.63. The Kier molecular flexibility index (Phi) is 5.36. The molecule has 0 amide bonds. The van der Waals surface area contributed by atoms with Crippen LogP contribution in [0.1, 0.15) is 29.1 Å². The van der Waals surface area contributed by atoms with Gasteiger partial charge in [0.25, 0.3) is 5.56 Å². The number of H-pyrrole nitrogens is 1. The van der Waals surface area contributed by atoms with Crippen LogP contribution in [-0.4, -0.2) is 30.2 Å². The molecule has 0 saturated heterocycles. The van der Waals surface area contributed by atoms with Gasteiger partial charge in [-0.3, -0.25) is 4.79 Å². The molecular formula is C23H20N6OS2. The highest BCUT2D eigenvalue weighted by atomic mass is 32.2. The molecule has 9 heteroatoms. The van der Waals surface area contributed by atoms with Crippen LogP contribution in [0.25, 0.3) is 27.0 Å². The molecule has 160 valence electrons. The Balaban J connectivity index is 1.48. The third-order valence-electron chi connectivity index (χ3n) is 5.46. The van der Waals surface area contributed by atoms with Crippen molar-refractivity contribution in [2.24, 2.45) is 0 Å². The van der Waals surface area contributed by atoms with E-state index in [1.54, 1.807) is 4.68 Å².